The highest BCUT2D eigenvalue weighted by Gasteiger charge is 2.33. The summed E-state index contributed by atoms with van der Waals surface area (Å²) < 4.78 is 13.0. The van der Waals surface area contributed by atoms with Gasteiger partial charge in [0.1, 0.15) is 11.9 Å². The van der Waals surface area contributed by atoms with Crippen LogP contribution in [0.25, 0.3) is 0 Å². The standard InChI is InChI=1S/C18H20FN3O2S/c1-12-21-15(11-25-12)10-20-18(24)16-3-2-8-22(16)17(23)9-13-4-6-14(19)7-5-13/h4-7,11,16H,2-3,8-10H2,1H3,(H,20,24). The van der Waals surface area contributed by atoms with Crippen LogP contribution in [0.3, 0.4) is 0 Å². The van der Waals surface area contributed by atoms with Gasteiger partial charge in [0.15, 0.2) is 0 Å². The minimum atomic E-state index is -0.437. The number of nitrogens with one attached hydrogen (secondary N) is 1. The Morgan fingerprint density at radius 3 is 2.80 bits per heavy atom. The smallest absolute Gasteiger partial charge is 0.243 e. The van der Waals surface area contributed by atoms with E-state index in [-0.39, 0.29) is 24.1 Å². The van der Waals surface area contributed by atoms with Gasteiger partial charge in [-0.2, -0.15) is 0 Å². The molecule has 1 atom stereocenters. The Balaban J connectivity index is 1.58. The van der Waals surface area contributed by atoms with Gasteiger partial charge in [-0.15, -0.1) is 11.3 Å². The second-order valence-electron chi connectivity index (χ2n) is 6.12. The SMILES string of the molecule is Cc1nc(CNC(=O)C2CCCN2C(=O)Cc2ccc(F)cc2)cs1. The lowest BCUT2D eigenvalue weighted by Crippen LogP contribution is -2.46. The zero-order valence-corrected chi connectivity index (χ0v) is 14.8. The van der Waals surface area contributed by atoms with Crippen molar-refractivity contribution in [3.63, 3.8) is 0 Å². The lowest BCUT2D eigenvalue weighted by Gasteiger charge is -2.24. The Hall–Kier alpha value is -2.28. The summed E-state index contributed by atoms with van der Waals surface area (Å²) in [7, 11) is 0. The van der Waals surface area contributed by atoms with Crippen molar-refractivity contribution in [3.05, 3.63) is 51.7 Å². The summed E-state index contributed by atoms with van der Waals surface area (Å²) in [4.78, 5) is 30.9. The third-order valence-corrected chi connectivity index (χ3v) is 5.08. The number of thiazole rings is 1. The second kappa shape index (κ2) is 7.74. The number of hydrogen-bond donors (Lipinski definition) is 1. The van der Waals surface area contributed by atoms with Crippen LogP contribution >= 0.6 is 11.3 Å². The van der Waals surface area contributed by atoms with Gasteiger partial charge in [-0.05, 0) is 37.5 Å². The van der Waals surface area contributed by atoms with Crippen LogP contribution in [0.5, 0.6) is 0 Å². The Labute approximate surface area is 149 Å². The molecule has 0 bridgehead atoms. The quantitative estimate of drug-likeness (QED) is 0.890. The maximum Gasteiger partial charge on any atom is 0.243 e. The van der Waals surface area contributed by atoms with E-state index >= 15 is 0 Å². The Kier molecular flexibility index (Phi) is 5.43. The number of carbonyl (C=O) groups excluding carboxylic acids is 2. The first-order chi connectivity index (χ1) is 12.0. The summed E-state index contributed by atoms with van der Waals surface area (Å²) in [5.74, 6) is -0.573. The average Bonchev–Trinajstić information content (AvgIpc) is 3.23. The fraction of sp³-hybridized carbons (Fsp3) is 0.389. The van der Waals surface area contributed by atoms with Crippen molar-refractivity contribution in [2.75, 3.05) is 6.54 Å². The molecule has 1 fully saturated rings. The number of rotatable bonds is 5. The molecule has 0 saturated carbocycles. The van der Waals surface area contributed by atoms with Crippen molar-refractivity contribution in [1.82, 2.24) is 15.2 Å². The van der Waals surface area contributed by atoms with Crippen LogP contribution in [0.1, 0.15) is 29.1 Å². The number of hydrogen-bond acceptors (Lipinski definition) is 4. The molecule has 0 radical (unpaired) electrons. The number of carbonyl (C=O) groups is 2. The molecular weight excluding hydrogens is 341 g/mol. The van der Waals surface area contributed by atoms with Crippen LogP contribution < -0.4 is 5.32 Å². The maximum atomic E-state index is 13.0. The highest BCUT2D eigenvalue weighted by molar-refractivity contribution is 7.09. The van der Waals surface area contributed by atoms with Gasteiger partial charge in [0, 0.05) is 11.9 Å². The van der Waals surface area contributed by atoms with E-state index in [1.54, 1.807) is 28.4 Å². The summed E-state index contributed by atoms with van der Waals surface area (Å²) in [5, 5.41) is 5.75. The highest BCUT2D eigenvalue weighted by atomic mass is 32.1. The van der Waals surface area contributed by atoms with Gasteiger partial charge in [-0.25, -0.2) is 9.37 Å². The third kappa shape index (κ3) is 4.42. The van der Waals surface area contributed by atoms with Gasteiger partial charge in [0.2, 0.25) is 11.8 Å². The van der Waals surface area contributed by atoms with E-state index in [4.69, 9.17) is 0 Å². The molecule has 2 aromatic rings. The number of aromatic nitrogens is 1. The topological polar surface area (TPSA) is 62.3 Å². The zero-order chi connectivity index (χ0) is 17.8. The summed E-state index contributed by atoms with van der Waals surface area (Å²) >= 11 is 1.54. The van der Waals surface area contributed by atoms with E-state index in [0.717, 1.165) is 22.7 Å². The molecule has 1 N–H and O–H groups in total. The van der Waals surface area contributed by atoms with E-state index in [1.165, 1.54) is 12.1 Å². The molecule has 25 heavy (non-hydrogen) atoms. The molecule has 2 heterocycles. The molecule has 1 aliphatic rings. The van der Waals surface area contributed by atoms with Gasteiger partial charge in [-0.1, -0.05) is 12.1 Å². The molecule has 3 rings (SSSR count). The predicted molar refractivity (Wildman–Crippen MR) is 93.5 cm³/mol. The van der Waals surface area contributed by atoms with Gasteiger partial charge in [0.05, 0.1) is 23.7 Å². The lowest BCUT2D eigenvalue weighted by molar-refractivity contribution is -0.138. The Morgan fingerprint density at radius 1 is 1.36 bits per heavy atom. The van der Waals surface area contributed by atoms with Gasteiger partial charge >= 0.3 is 0 Å². The van der Waals surface area contributed by atoms with Crippen LogP contribution in [0.4, 0.5) is 4.39 Å². The molecule has 0 aliphatic carbocycles. The number of benzene rings is 1. The van der Waals surface area contributed by atoms with E-state index in [0.29, 0.717) is 19.5 Å². The maximum absolute atomic E-state index is 13.0. The molecule has 132 valence electrons. The zero-order valence-electron chi connectivity index (χ0n) is 14.0. The fourth-order valence-electron chi connectivity index (χ4n) is 3.00. The van der Waals surface area contributed by atoms with Crippen molar-refractivity contribution in [2.24, 2.45) is 0 Å². The van der Waals surface area contributed by atoms with Crippen LogP contribution in [0.2, 0.25) is 0 Å². The van der Waals surface area contributed by atoms with E-state index in [1.807, 2.05) is 12.3 Å². The first-order valence-corrected chi connectivity index (χ1v) is 9.13. The number of nitrogens with zero attached hydrogens (tertiary/aromatic N) is 2. The van der Waals surface area contributed by atoms with Crippen molar-refractivity contribution >= 4 is 23.2 Å². The van der Waals surface area contributed by atoms with Crippen LogP contribution in [-0.4, -0.2) is 34.3 Å². The number of likely N-dealkylation sites (tertiary alicyclic amines) is 1. The molecule has 1 aromatic heterocycles. The minimum absolute atomic E-state index is 0.103. The molecular formula is C18H20FN3O2S. The second-order valence-corrected chi connectivity index (χ2v) is 7.19. The van der Waals surface area contributed by atoms with Crippen molar-refractivity contribution in [2.45, 2.75) is 38.8 Å². The molecule has 1 aromatic carbocycles. The van der Waals surface area contributed by atoms with Gasteiger partial charge in [-0.3, -0.25) is 9.59 Å². The molecule has 1 saturated heterocycles. The van der Waals surface area contributed by atoms with Crippen molar-refractivity contribution < 1.29 is 14.0 Å². The van der Waals surface area contributed by atoms with E-state index in [2.05, 4.69) is 10.3 Å². The number of aryl methyl sites for hydroxylation is 1. The van der Waals surface area contributed by atoms with Crippen LogP contribution in [0.15, 0.2) is 29.6 Å². The molecule has 1 unspecified atom stereocenters. The fourth-order valence-corrected chi connectivity index (χ4v) is 3.61. The first-order valence-electron chi connectivity index (χ1n) is 8.25. The van der Waals surface area contributed by atoms with Gasteiger partial charge < -0.3 is 10.2 Å². The number of amides is 2. The predicted octanol–water partition coefficient (Wildman–Crippen LogP) is 2.44. The molecule has 1 aliphatic heterocycles. The summed E-state index contributed by atoms with van der Waals surface area (Å²) in [6.45, 7) is 2.87. The van der Waals surface area contributed by atoms with Gasteiger partial charge in [0.25, 0.3) is 0 Å². The van der Waals surface area contributed by atoms with Crippen LogP contribution in [-0.2, 0) is 22.6 Å². The molecule has 5 nitrogen and oxygen atoms in total. The minimum Gasteiger partial charge on any atom is -0.349 e. The van der Waals surface area contributed by atoms with Crippen molar-refractivity contribution in [1.29, 1.82) is 0 Å². The van der Waals surface area contributed by atoms with E-state index in [9.17, 15) is 14.0 Å². The summed E-state index contributed by atoms with van der Waals surface area (Å²) in [6, 6.07) is 5.44. The molecule has 0 spiro atoms. The van der Waals surface area contributed by atoms with E-state index < -0.39 is 6.04 Å². The normalized spacial score (nSPS) is 16.9. The first kappa shape index (κ1) is 17.5. The summed E-state index contributed by atoms with van der Waals surface area (Å²) in [5.41, 5.74) is 1.58. The lowest BCUT2D eigenvalue weighted by atomic mass is 10.1. The Bertz CT molecular complexity index is 760. The average molecular weight is 361 g/mol. The highest BCUT2D eigenvalue weighted by Crippen LogP contribution is 2.19. The number of halogens is 1. The third-order valence-electron chi connectivity index (χ3n) is 4.25. The molecule has 7 heteroatoms. The van der Waals surface area contributed by atoms with Crippen molar-refractivity contribution in [3.8, 4) is 0 Å². The van der Waals surface area contributed by atoms with Crippen LogP contribution in [0, 0.1) is 12.7 Å². The molecule has 2 amide bonds. The largest absolute Gasteiger partial charge is 0.349 e. The summed E-state index contributed by atoms with van der Waals surface area (Å²) in [6.07, 6.45) is 1.65. The Morgan fingerprint density at radius 2 is 2.12 bits per heavy atom. The monoisotopic (exact) mass is 361 g/mol.